The van der Waals surface area contributed by atoms with Crippen molar-refractivity contribution < 1.29 is 0 Å². The van der Waals surface area contributed by atoms with Gasteiger partial charge in [-0.15, -0.1) is 0 Å². The Morgan fingerprint density at radius 2 is 2.08 bits per heavy atom. The Bertz CT molecular complexity index is 355. The van der Waals surface area contributed by atoms with Crippen LogP contribution in [0.15, 0.2) is 31.1 Å². The van der Waals surface area contributed by atoms with Crippen LogP contribution in [0.3, 0.4) is 0 Å². The van der Waals surface area contributed by atoms with Crippen LogP contribution in [-0.2, 0) is 0 Å². The van der Waals surface area contributed by atoms with Crippen molar-refractivity contribution in [3.63, 3.8) is 0 Å². The van der Waals surface area contributed by atoms with E-state index in [0.717, 1.165) is 11.4 Å². The summed E-state index contributed by atoms with van der Waals surface area (Å²) in [5.41, 5.74) is 6.73. The van der Waals surface area contributed by atoms with Gasteiger partial charge in [-0.3, -0.25) is 0 Å². The lowest BCUT2D eigenvalue weighted by molar-refractivity contribution is 0.788. The smallest absolute Gasteiger partial charge is 0.127 e. The van der Waals surface area contributed by atoms with Gasteiger partial charge in [0.25, 0.3) is 0 Å². The number of nitrogens with one attached hydrogen (secondary N) is 1. The highest BCUT2D eigenvalue weighted by molar-refractivity contribution is 5.17. The predicted octanol–water partition coefficient (Wildman–Crippen LogP) is 0.248. The molecule has 2 aromatic heterocycles. The lowest BCUT2D eigenvalue weighted by Crippen LogP contribution is -2.13. The first kappa shape index (κ1) is 7.88. The van der Waals surface area contributed by atoms with Crippen molar-refractivity contribution >= 4 is 0 Å². The van der Waals surface area contributed by atoms with Gasteiger partial charge in [0, 0.05) is 30.4 Å². The number of nitrogens with two attached hydrogens (primary N) is 1. The molecule has 1 atom stereocenters. The van der Waals surface area contributed by atoms with E-state index in [1.54, 1.807) is 24.8 Å². The van der Waals surface area contributed by atoms with Crippen molar-refractivity contribution in [1.82, 2.24) is 19.9 Å². The fourth-order valence-electron chi connectivity index (χ4n) is 1.08. The molecule has 0 saturated carbocycles. The van der Waals surface area contributed by atoms with Crippen molar-refractivity contribution in [2.75, 3.05) is 0 Å². The van der Waals surface area contributed by atoms with E-state index in [1.165, 1.54) is 6.33 Å². The number of aromatic nitrogens is 4. The minimum atomic E-state index is -0.281. The third kappa shape index (κ3) is 1.54. The summed E-state index contributed by atoms with van der Waals surface area (Å²) in [6.07, 6.45) is 8.23. The molecule has 0 aromatic carbocycles. The quantitative estimate of drug-likeness (QED) is 0.685. The molecule has 0 radical (unpaired) electrons. The Morgan fingerprint density at radius 1 is 1.31 bits per heavy atom. The fraction of sp³-hybridized carbons (Fsp3) is 0.125. The van der Waals surface area contributed by atoms with Crippen LogP contribution in [0.1, 0.15) is 17.4 Å². The zero-order chi connectivity index (χ0) is 9.10. The number of hydrogen-bond donors (Lipinski definition) is 2. The molecular formula is C8H9N5. The summed E-state index contributed by atoms with van der Waals surface area (Å²) in [6.45, 7) is 0. The van der Waals surface area contributed by atoms with E-state index in [4.69, 9.17) is 5.73 Å². The molecule has 0 aliphatic heterocycles. The van der Waals surface area contributed by atoms with Crippen LogP contribution in [0, 0.1) is 0 Å². The van der Waals surface area contributed by atoms with Gasteiger partial charge in [-0.05, 0) is 0 Å². The lowest BCUT2D eigenvalue weighted by Gasteiger charge is -2.06. The van der Waals surface area contributed by atoms with E-state index in [2.05, 4.69) is 19.9 Å². The Labute approximate surface area is 75.1 Å². The van der Waals surface area contributed by atoms with Gasteiger partial charge in [-0.2, -0.15) is 0 Å². The van der Waals surface area contributed by atoms with E-state index in [9.17, 15) is 0 Å². The molecule has 0 saturated heterocycles. The molecule has 66 valence electrons. The first-order chi connectivity index (χ1) is 6.38. The maximum atomic E-state index is 5.89. The van der Waals surface area contributed by atoms with E-state index >= 15 is 0 Å². The van der Waals surface area contributed by atoms with Crippen LogP contribution in [0.2, 0.25) is 0 Å². The average Bonchev–Trinajstić information content (AvgIpc) is 2.71. The monoisotopic (exact) mass is 175 g/mol. The molecule has 0 spiro atoms. The van der Waals surface area contributed by atoms with Crippen molar-refractivity contribution in [2.45, 2.75) is 6.04 Å². The SMILES string of the molecule is NC(c1cncnc1)c1ncc[nH]1. The van der Waals surface area contributed by atoms with Gasteiger partial charge in [0.15, 0.2) is 0 Å². The van der Waals surface area contributed by atoms with E-state index < -0.39 is 0 Å². The fourth-order valence-corrected chi connectivity index (χ4v) is 1.08. The van der Waals surface area contributed by atoms with Gasteiger partial charge in [-0.25, -0.2) is 15.0 Å². The molecule has 0 bridgehead atoms. The van der Waals surface area contributed by atoms with Crippen LogP contribution in [0.5, 0.6) is 0 Å². The molecule has 5 nitrogen and oxygen atoms in total. The standard InChI is InChI=1S/C8H9N5/c9-7(8-12-1-2-13-8)6-3-10-5-11-4-6/h1-5,7H,9H2,(H,12,13). The predicted molar refractivity (Wildman–Crippen MR) is 46.7 cm³/mol. The Balaban J connectivity index is 2.29. The van der Waals surface area contributed by atoms with Crippen LogP contribution < -0.4 is 5.73 Å². The van der Waals surface area contributed by atoms with E-state index in [0.29, 0.717) is 0 Å². The third-order valence-corrected chi connectivity index (χ3v) is 1.75. The first-order valence-corrected chi connectivity index (χ1v) is 3.87. The lowest BCUT2D eigenvalue weighted by atomic mass is 10.1. The van der Waals surface area contributed by atoms with Gasteiger partial charge in [0.1, 0.15) is 12.2 Å². The minimum absolute atomic E-state index is 0.281. The highest BCUT2D eigenvalue weighted by Gasteiger charge is 2.10. The Morgan fingerprint density at radius 3 is 2.69 bits per heavy atom. The summed E-state index contributed by atoms with van der Waals surface area (Å²) < 4.78 is 0. The molecule has 13 heavy (non-hydrogen) atoms. The van der Waals surface area contributed by atoms with Crippen LogP contribution >= 0.6 is 0 Å². The summed E-state index contributed by atoms with van der Waals surface area (Å²) in [6, 6.07) is -0.281. The molecule has 0 fully saturated rings. The summed E-state index contributed by atoms with van der Waals surface area (Å²) in [7, 11) is 0. The number of aromatic amines is 1. The number of imidazole rings is 1. The third-order valence-electron chi connectivity index (χ3n) is 1.75. The largest absolute Gasteiger partial charge is 0.347 e. The van der Waals surface area contributed by atoms with E-state index in [-0.39, 0.29) is 6.04 Å². The molecule has 2 heterocycles. The van der Waals surface area contributed by atoms with Gasteiger partial charge >= 0.3 is 0 Å². The maximum Gasteiger partial charge on any atom is 0.127 e. The van der Waals surface area contributed by atoms with Crippen molar-refractivity contribution in [3.05, 3.63) is 42.5 Å². The zero-order valence-corrected chi connectivity index (χ0v) is 6.88. The van der Waals surface area contributed by atoms with Crippen LogP contribution in [0.25, 0.3) is 0 Å². The molecule has 3 N–H and O–H groups in total. The summed E-state index contributed by atoms with van der Waals surface area (Å²) in [4.78, 5) is 14.8. The second-order valence-electron chi connectivity index (χ2n) is 2.62. The normalized spacial score (nSPS) is 12.7. The second-order valence-corrected chi connectivity index (χ2v) is 2.62. The second kappa shape index (κ2) is 3.32. The van der Waals surface area contributed by atoms with Crippen LogP contribution in [-0.4, -0.2) is 19.9 Å². The molecule has 2 rings (SSSR count). The topological polar surface area (TPSA) is 80.5 Å². The maximum absolute atomic E-state index is 5.89. The zero-order valence-electron chi connectivity index (χ0n) is 6.88. The van der Waals surface area contributed by atoms with Gasteiger partial charge in [0.05, 0.1) is 6.04 Å². The summed E-state index contributed by atoms with van der Waals surface area (Å²) in [5, 5.41) is 0. The van der Waals surface area contributed by atoms with Crippen molar-refractivity contribution in [3.8, 4) is 0 Å². The molecule has 0 amide bonds. The molecule has 0 aliphatic rings. The first-order valence-electron chi connectivity index (χ1n) is 3.87. The summed E-state index contributed by atoms with van der Waals surface area (Å²) in [5.74, 6) is 0.717. The van der Waals surface area contributed by atoms with E-state index in [1.807, 2.05) is 0 Å². The highest BCUT2D eigenvalue weighted by atomic mass is 14.9. The number of hydrogen-bond acceptors (Lipinski definition) is 4. The number of rotatable bonds is 2. The molecule has 5 heteroatoms. The molecule has 2 aromatic rings. The van der Waals surface area contributed by atoms with Gasteiger partial charge in [0.2, 0.25) is 0 Å². The number of nitrogens with zero attached hydrogens (tertiary/aromatic N) is 3. The number of H-pyrrole nitrogens is 1. The molecular weight excluding hydrogens is 166 g/mol. The Hall–Kier alpha value is -1.75. The van der Waals surface area contributed by atoms with Crippen molar-refractivity contribution in [2.24, 2.45) is 5.73 Å². The van der Waals surface area contributed by atoms with Gasteiger partial charge in [-0.1, -0.05) is 0 Å². The van der Waals surface area contributed by atoms with Gasteiger partial charge < -0.3 is 10.7 Å². The minimum Gasteiger partial charge on any atom is -0.347 e. The van der Waals surface area contributed by atoms with Crippen LogP contribution in [0.4, 0.5) is 0 Å². The highest BCUT2D eigenvalue weighted by Crippen LogP contribution is 2.12. The van der Waals surface area contributed by atoms with Crippen molar-refractivity contribution in [1.29, 1.82) is 0 Å². The average molecular weight is 175 g/mol. The molecule has 1 unspecified atom stereocenters. The molecule has 0 aliphatic carbocycles. The Kier molecular flexibility index (Phi) is 2.01. The summed E-state index contributed by atoms with van der Waals surface area (Å²) >= 11 is 0.